The van der Waals surface area contributed by atoms with Crippen molar-refractivity contribution in [3.05, 3.63) is 0 Å². The summed E-state index contributed by atoms with van der Waals surface area (Å²) in [6.45, 7) is 0. The summed E-state index contributed by atoms with van der Waals surface area (Å²) in [4.78, 5) is 30.6. The Kier molecular flexibility index (Phi) is 4.01. The van der Waals surface area contributed by atoms with Gasteiger partial charge in [-0.1, -0.05) is 0 Å². The van der Waals surface area contributed by atoms with Crippen molar-refractivity contribution in [2.75, 3.05) is 0 Å². The second-order valence-corrected chi connectivity index (χ2v) is 1.71. The predicted octanol–water partition coefficient (Wildman–Crippen LogP) is -5.48. The molecule has 1 aliphatic heterocycles. The zero-order valence-electron chi connectivity index (χ0n) is 6.12. The first-order valence-corrected chi connectivity index (χ1v) is 2.58. The van der Waals surface area contributed by atoms with Crippen molar-refractivity contribution < 1.29 is 53.8 Å². The molecule has 0 radical (unpaired) electrons. The van der Waals surface area contributed by atoms with Gasteiger partial charge in [0.05, 0.1) is 0 Å². The largest absolute Gasteiger partial charge is 1.00 e. The number of urea groups is 1. The molecule has 0 saturated carbocycles. The monoisotopic (exact) mass is 182 g/mol. The average molecular weight is 182 g/mol. The van der Waals surface area contributed by atoms with E-state index in [0.29, 0.717) is 0 Å². The number of ether oxygens (including phenoxy) is 1. The summed E-state index contributed by atoms with van der Waals surface area (Å²) in [5.74, 6) is -0.848. The van der Waals surface area contributed by atoms with Crippen LogP contribution in [0, 0.1) is 0 Å². The van der Waals surface area contributed by atoms with Gasteiger partial charge in [0.1, 0.15) is 0 Å². The van der Waals surface area contributed by atoms with Gasteiger partial charge in [-0.15, -0.1) is 0 Å². The van der Waals surface area contributed by atoms with Crippen LogP contribution in [0.25, 0.3) is 0 Å². The molecule has 0 aromatic rings. The number of rotatable bonds is 1. The predicted molar refractivity (Wildman–Crippen MR) is 26.9 cm³/mol. The fourth-order valence-corrected chi connectivity index (χ4v) is 0.577. The van der Waals surface area contributed by atoms with Crippen LogP contribution in [0.3, 0.4) is 0 Å². The molecule has 1 saturated heterocycles. The quantitative estimate of drug-likeness (QED) is 0.239. The van der Waals surface area contributed by atoms with Gasteiger partial charge in [0.2, 0.25) is 0 Å². The maximum absolute atomic E-state index is 10.5. The first-order valence-electron chi connectivity index (χ1n) is 2.58. The van der Waals surface area contributed by atoms with Gasteiger partial charge in [0.25, 0.3) is 12.1 Å². The molecule has 1 aliphatic rings. The number of imide groups is 1. The van der Waals surface area contributed by atoms with Crippen molar-refractivity contribution in [1.82, 2.24) is 10.6 Å². The van der Waals surface area contributed by atoms with Crippen LogP contribution in [0.4, 0.5) is 9.59 Å². The number of carboxylic acid groups (broad SMARTS) is 1. The van der Waals surface area contributed by atoms with E-state index in [9.17, 15) is 19.5 Å². The molecule has 2 N–H and O–H groups in total. The SMILES string of the molecule is O=C1NC(=O)C(OC(=O)[O-])N1.[Na+]. The van der Waals surface area contributed by atoms with E-state index in [2.05, 4.69) is 4.74 Å². The van der Waals surface area contributed by atoms with Gasteiger partial charge in [-0.2, -0.15) is 0 Å². The molecule has 0 aromatic heterocycles. The third-order valence-electron chi connectivity index (χ3n) is 0.951. The van der Waals surface area contributed by atoms with Crippen LogP contribution >= 0.6 is 0 Å². The number of carbonyl (C=O) groups is 3. The fraction of sp³-hybridized carbons (Fsp3) is 0.250. The molecule has 7 nitrogen and oxygen atoms in total. The zero-order chi connectivity index (χ0) is 8.43. The Labute approximate surface area is 88.7 Å². The third kappa shape index (κ3) is 2.68. The molecule has 3 amide bonds. The summed E-state index contributed by atoms with van der Waals surface area (Å²) < 4.78 is 3.86. The maximum Gasteiger partial charge on any atom is 1.00 e. The number of hydrogen-bond donors (Lipinski definition) is 2. The second-order valence-electron chi connectivity index (χ2n) is 1.71. The van der Waals surface area contributed by atoms with Crippen LogP contribution in [0.2, 0.25) is 0 Å². The Balaban J connectivity index is 0.00000121. The van der Waals surface area contributed by atoms with E-state index in [0.717, 1.165) is 0 Å². The zero-order valence-corrected chi connectivity index (χ0v) is 8.12. The van der Waals surface area contributed by atoms with E-state index in [1.807, 2.05) is 5.32 Å². The summed E-state index contributed by atoms with van der Waals surface area (Å²) in [7, 11) is 0. The van der Waals surface area contributed by atoms with Crippen molar-refractivity contribution in [3.63, 3.8) is 0 Å². The van der Waals surface area contributed by atoms with Crippen LogP contribution in [0.1, 0.15) is 0 Å². The van der Waals surface area contributed by atoms with Gasteiger partial charge in [0, 0.05) is 0 Å². The van der Waals surface area contributed by atoms with E-state index in [1.165, 1.54) is 0 Å². The van der Waals surface area contributed by atoms with Crippen molar-refractivity contribution in [2.45, 2.75) is 6.23 Å². The minimum absolute atomic E-state index is 0. The molecule has 1 unspecified atom stereocenters. The van der Waals surface area contributed by atoms with Gasteiger partial charge in [-0.3, -0.25) is 10.1 Å². The molecular formula is C4H3N2NaO5. The van der Waals surface area contributed by atoms with Crippen LogP contribution in [0.15, 0.2) is 0 Å². The molecule has 12 heavy (non-hydrogen) atoms. The van der Waals surface area contributed by atoms with Crippen molar-refractivity contribution in [3.8, 4) is 0 Å². The van der Waals surface area contributed by atoms with Crippen molar-refractivity contribution in [2.24, 2.45) is 0 Å². The fourth-order valence-electron chi connectivity index (χ4n) is 0.577. The summed E-state index contributed by atoms with van der Waals surface area (Å²) in [5.41, 5.74) is 0. The van der Waals surface area contributed by atoms with E-state index >= 15 is 0 Å². The molecule has 0 bridgehead atoms. The molecule has 1 atom stereocenters. The molecule has 1 heterocycles. The van der Waals surface area contributed by atoms with Crippen LogP contribution in [-0.2, 0) is 9.53 Å². The van der Waals surface area contributed by atoms with Gasteiger partial charge >= 0.3 is 35.6 Å². The normalized spacial score (nSPS) is 20.5. The van der Waals surface area contributed by atoms with Gasteiger partial charge < -0.3 is 20.0 Å². The standard InChI is InChI=1S/C4H4N2O5.Na/c7-1-2(11-4(9)10)6-3(8)5-1;/h2H,(H,9,10)(H2,5,6,7,8);/q;+1/p-1. The number of hydrogen-bond acceptors (Lipinski definition) is 5. The number of nitrogens with one attached hydrogen (secondary N) is 2. The smallest absolute Gasteiger partial charge is 0.517 e. The molecule has 0 spiro atoms. The molecule has 60 valence electrons. The van der Waals surface area contributed by atoms with Gasteiger partial charge in [-0.25, -0.2) is 4.79 Å². The summed E-state index contributed by atoms with van der Waals surface area (Å²) in [6, 6.07) is -0.791. The minimum Gasteiger partial charge on any atom is -0.517 e. The van der Waals surface area contributed by atoms with E-state index in [1.54, 1.807) is 5.32 Å². The molecule has 1 rings (SSSR count). The van der Waals surface area contributed by atoms with Crippen molar-refractivity contribution >= 4 is 18.1 Å². The topological polar surface area (TPSA) is 108 Å². The van der Waals surface area contributed by atoms with Gasteiger partial charge in [0.15, 0.2) is 6.23 Å². The minimum atomic E-state index is -1.87. The average Bonchev–Trinajstić information content (AvgIpc) is 2.09. The molecule has 0 aliphatic carbocycles. The van der Waals surface area contributed by atoms with Crippen LogP contribution in [0.5, 0.6) is 0 Å². The van der Waals surface area contributed by atoms with E-state index < -0.39 is 24.3 Å². The third-order valence-corrected chi connectivity index (χ3v) is 0.951. The maximum atomic E-state index is 10.5. The molecule has 0 aromatic carbocycles. The van der Waals surface area contributed by atoms with E-state index in [4.69, 9.17) is 0 Å². The molecule has 8 heteroatoms. The molecule has 1 fully saturated rings. The first-order chi connectivity index (χ1) is 5.09. The second kappa shape index (κ2) is 4.29. The molecular weight excluding hydrogens is 179 g/mol. The van der Waals surface area contributed by atoms with Crippen molar-refractivity contribution in [1.29, 1.82) is 0 Å². The summed E-state index contributed by atoms with van der Waals surface area (Å²) in [5, 5.41) is 13.4. The van der Waals surface area contributed by atoms with Gasteiger partial charge in [-0.05, 0) is 0 Å². The van der Waals surface area contributed by atoms with Crippen LogP contribution in [-0.4, -0.2) is 24.3 Å². The number of carbonyl (C=O) groups excluding carboxylic acids is 3. The first kappa shape index (κ1) is 11.2. The Morgan fingerprint density at radius 2 is 2.08 bits per heavy atom. The summed E-state index contributed by atoms with van der Waals surface area (Å²) in [6.07, 6.45) is -3.35. The Hall–Kier alpha value is -0.790. The Morgan fingerprint density at radius 3 is 2.42 bits per heavy atom. The number of amides is 3. The van der Waals surface area contributed by atoms with E-state index in [-0.39, 0.29) is 29.6 Å². The van der Waals surface area contributed by atoms with Crippen LogP contribution < -0.4 is 45.3 Å². The Bertz CT molecular complexity index is 229. The Morgan fingerprint density at radius 1 is 1.50 bits per heavy atom. The summed E-state index contributed by atoms with van der Waals surface area (Å²) >= 11 is 0.